The van der Waals surface area contributed by atoms with Crippen molar-refractivity contribution in [3.8, 4) is 0 Å². The van der Waals surface area contributed by atoms with Gasteiger partial charge in [-0.1, -0.05) is 23.7 Å². The van der Waals surface area contributed by atoms with Gasteiger partial charge in [0.2, 0.25) is 0 Å². The molecule has 0 aliphatic carbocycles. The van der Waals surface area contributed by atoms with Crippen molar-refractivity contribution in [2.45, 2.75) is 38.1 Å². The van der Waals surface area contributed by atoms with Crippen molar-refractivity contribution in [2.75, 3.05) is 46.5 Å². The average Bonchev–Trinajstić information content (AvgIpc) is 3.23. The molecule has 0 saturated carbocycles. The third-order valence-electron chi connectivity index (χ3n) is 5.02. The molecule has 3 atom stereocenters. The number of hydrogen-bond donors (Lipinski definition) is 1. The summed E-state index contributed by atoms with van der Waals surface area (Å²) in [7, 11) is 1.70. The van der Waals surface area contributed by atoms with Crippen LogP contribution >= 0.6 is 11.6 Å². The van der Waals surface area contributed by atoms with E-state index in [0.29, 0.717) is 18.2 Å². The first-order valence-electron chi connectivity index (χ1n) is 9.76. The van der Waals surface area contributed by atoms with E-state index in [2.05, 4.69) is 17.1 Å². The lowest BCUT2D eigenvalue weighted by Crippen LogP contribution is -2.53. The quantitative estimate of drug-likeness (QED) is 0.593. The molecule has 6 nitrogen and oxygen atoms in total. The molecular weight excluding hydrogens is 366 g/mol. The monoisotopic (exact) mass is 395 g/mol. The van der Waals surface area contributed by atoms with Gasteiger partial charge in [0.25, 0.3) is 0 Å². The molecule has 0 spiro atoms. The number of hydrogen-bond acceptors (Lipinski definition) is 4. The van der Waals surface area contributed by atoms with Crippen molar-refractivity contribution in [2.24, 2.45) is 4.99 Å². The van der Waals surface area contributed by atoms with Crippen molar-refractivity contribution >= 4 is 17.6 Å². The van der Waals surface area contributed by atoms with Gasteiger partial charge in [-0.25, -0.2) is 0 Å². The zero-order valence-corrected chi connectivity index (χ0v) is 17.0. The summed E-state index contributed by atoms with van der Waals surface area (Å²) < 4.78 is 17.4. The predicted molar refractivity (Wildman–Crippen MR) is 107 cm³/mol. The van der Waals surface area contributed by atoms with Crippen LogP contribution in [0.2, 0.25) is 5.02 Å². The van der Waals surface area contributed by atoms with Crippen LogP contribution in [-0.4, -0.2) is 69.6 Å². The van der Waals surface area contributed by atoms with Gasteiger partial charge >= 0.3 is 0 Å². The van der Waals surface area contributed by atoms with Gasteiger partial charge in [0, 0.05) is 38.4 Å². The molecule has 3 rings (SSSR count). The maximum atomic E-state index is 6.12. The van der Waals surface area contributed by atoms with Crippen LogP contribution in [0, 0.1) is 0 Å². The van der Waals surface area contributed by atoms with Gasteiger partial charge in [-0.05, 0) is 37.5 Å². The van der Waals surface area contributed by atoms with Crippen LogP contribution < -0.4 is 5.32 Å². The topological polar surface area (TPSA) is 55.3 Å². The number of nitrogens with one attached hydrogen (secondary N) is 1. The minimum absolute atomic E-state index is 0.108. The zero-order valence-electron chi connectivity index (χ0n) is 16.2. The Balaban J connectivity index is 1.67. The molecule has 3 unspecified atom stereocenters. The van der Waals surface area contributed by atoms with Gasteiger partial charge in [0.05, 0.1) is 19.3 Å². The molecule has 1 aromatic rings. The second kappa shape index (κ2) is 10.3. The Labute approximate surface area is 166 Å². The number of halogens is 1. The van der Waals surface area contributed by atoms with E-state index in [-0.39, 0.29) is 18.3 Å². The standard InChI is InChI=1S/C20H30ClN3O3/c1-3-22-20(23-13-18(25-2)15-6-4-7-16(21)12-15)24-9-11-27-19(14-24)17-8-5-10-26-17/h4,6-7,12,17-19H,3,5,8-11,13-14H2,1-2H3,(H,22,23). The van der Waals surface area contributed by atoms with Gasteiger partial charge < -0.3 is 24.4 Å². The highest BCUT2D eigenvalue weighted by atomic mass is 35.5. The van der Waals surface area contributed by atoms with E-state index >= 15 is 0 Å². The van der Waals surface area contributed by atoms with Crippen LogP contribution in [0.4, 0.5) is 0 Å². The molecule has 2 aliphatic heterocycles. The third-order valence-corrected chi connectivity index (χ3v) is 5.25. The van der Waals surface area contributed by atoms with Gasteiger partial charge in [-0.2, -0.15) is 0 Å². The van der Waals surface area contributed by atoms with Crippen LogP contribution in [-0.2, 0) is 14.2 Å². The summed E-state index contributed by atoms with van der Waals surface area (Å²) >= 11 is 6.12. The number of rotatable bonds is 6. The molecule has 2 aliphatic rings. The average molecular weight is 396 g/mol. The van der Waals surface area contributed by atoms with E-state index in [1.54, 1.807) is 7.11 Å². The van der Waals surface area contributed by atoms with Gasteiger partial charge in [-0.3, -0.25) is 4.99 Å². The largest absolute Gasteiger partial charge is 0.375 e. The Morgan fingerprint density at radius 3 is 2.93 bits per heavy atom. The second-order valence-electron chi connectivity index (χ2n) is 6.88. The molecule has 1 N–H and O–H groups in total. The van der Waals surface area contributed by atoms with E-state index < -0.39 is 0 Å². The summed E-state index contributed by atoms with van der Waals surface area (Å²) in [6, 6.07) is 7.75. The number of aliphatic imine (C=N–C) groups is 1. The molecule has 0 radical (unpaired) electrons. The van der Waals surface area contributed by atoms with Crippen LogP contribution in [0.1, 0.15) is 31.4 Å². The Bertz CT molecular complexity index is 622. The number of guanidine groups is 1. The normalized spacial score (nSPS) is 24.9. The van der Waals surface area contributed by atoms with E-state index in [1.807, 2.05) is 24.3 Å². The summed E-state index contributed by atoms with van der Waals surface area (Å²) in [6.07, 6.45) is 2.37. The SMILES string of the molecule is CCNC(=NCC(OC)c1cccc(Cl)c1)N1CCOC(C2CCCO2)C1. The van der Waals surface area contributed by atoms with Crippen LogP contribution in [0.3, 0.4) is 0 Å². The fourth-order valence-corrected chi connectivity index (χ4v) is 3.81. The predicted octanol–water partition coefficient (Wildman–Crippen LogP) is 2.87. The first-order valence-corrected chi connectivity index (χ1v) is 10.1. The Kier molecular flexibility index (Phi) is 7.76. The highest BCUT2D eigenvalue weighted by Gasteiger charge is 2.32. The molecule has 2 fully saturated rings. The molecule has 2 saturated heterocycles. The lowest BCUT2D eigenvalue weighted by molar-refractivity contribution is -0.0817. The van der Waals surface area contributed by atoms with E-state index in [0.717, 1.165) is 50.6 Å². The molecule has 0 bridgehead atoms. The third kappa shape index (κ3) is 5.57. The minimum atomic E-state index is -0.132. The molecule has 1 aromatic carbocycles. The smallest absolute Gasteiger partial charge is 0.194 e. The maximum absolute atomic E-state index is 6.12. The number of benzene rings is 1. The molecule has 0 aromatic heterocycles. The minimum Gasteiger partial charge on any atom is -0.375 e. The lowest BCUT2D eigenvalue weighted by atomic mass is 10.1. The van der Waals surface area contributed by atoms with Crippen molar-refractivity contribution in [3.05, 3.63) is 34.9 Å². The van der Waals surface area contributed by atoms with Crippen LogP contribution in [0.5, 0.6) is 0 Å². The molecular formula is C20H30ClN3O3. The number of methoxy groups -OCH3 is 1. The van der Waals surface area contributed by atoms with Gasteiger partial charge in [-0.15, -0.1) is 0 Å². The summed E-state index contributed by atoms with van der Waals surface area (Å²) in [5.74, 6) is 0.896. The van der Waals surface area contributed by atoms with Crippen LogP contribution in [0.15, 0.2) is 29.3 Å². The van der Waals surface area contributed by atoms with Crippen molar-refractivity contribution in [1.29, 1.82) is 0 Å². The first kappa shape index (κ1) is 20.4. The molecule has 27 heavy (non-hydrogen) atoms. The second-order valence-corrected chi connectivity index (χ2v) is 7.32. The van der Waals surface area contributed by atoms with Crippen molar-refractivity contribution < 1.29 is 14.2 Å². The highest BCUT2D eigenvalue weighted by Crippen LogP contribution is 2.22. The maximum Gasteiger partial charge on any atom is 0.194 e. The highest BCUT2D eigenvalue weighted by molar-refractivity contribution is 6.30. The van der Waals surface area contributed by atoms with Gasteiger partial charge in [0.15, 0.2) is 5.96 Å². The summed E-state index contributed by atoms with van der Waals surface area (Å²) in [5, 5.41) is 4.11. The summed E-state index contributed by atoms with van der Waals surface area (Å²) in [6.45, 7) is 6.58. The number of nitrogens with zero attached hydrogens (tertiary/aromatic N) is 2. The lowest BCUT2D eigenvalue weighted by Gasteiger charge is -2.37. The number of ether oxygens (including phenoxy) is 3. The summed E-state index contributed by atoms with van der Waals surface area (Å²) in [4.78, 5) is 7.11. The summed E-state index contributed by atoms with van der Waals surface area (Å²) in [5.41, 5.74) is 1.03. The Hall–Kier alpha value is -1.34. The van der Waals surface area contributed by atoms with E-state index in [1.165, 1.54) is 0 Å². The fraction of sp³-hybridized carbons (Fsp3) is 0.650. The van der Waals surface area contributed by atoms with Crippen LogP contribution in [0.25, 0.3) is 0 Å². The van der Waals surface area contributed by atoms with E-state index in [4.69, 9.17) is 30.8 Å². The van der Waals surface area contributed by atoms with E-state index in [9.17, 15) is 0 Å². The fourth-order valence-electron chi connectivity index (χ4n) is 3.61. The molecule has 0 amide bonds. The Morgan fingerprint density at radius 2 is 2.22 bits per heavy atom. The Morgan fingerprint density at radius 1 is 1.37 bits per heavy atom. The van der Waals surface area contributed by atoms with Crippen molar-refractivity contribution in [3.63, 3.8) is 0 Å². The zero-order chi connectivity index (χ0) is 19.1. The molecule has 7 heteroatoms. The molecule has 150 valence electrons. The van der Waals surface area contributed by atoms with Gasteiger partial charge in [0.1, 0.15) is 12.2 Å². The van der Waals surface area contributed by atoms with Crippen molar-refractivity contribution in [1.82, 2.24) is 10.2 Å². The number of morpholine rings is 1. The first-order chi connectivity index (χ1) is 13.2. The molecule has 2 heterocycles.